The minimum Gasteiger partial charge on any atom is -0.480 e. The third kappa shape index (κ3) is 5.97. The first-order valence-corrected chi connectivity index (χ1v) is 6.42. The highest BCUT2D eigenvalue weighted by molar-refractivity contribution is 5.86. The van der Waals surface area contributed by atoms with E-state index in [0.29, 0.717) is 19.4 Å². The van der Waals surface area contributed by atoms with Crippen LogP contribution in [0.1, 0.15) is 39.5 Å². The van der Waals surface area contributed by atoms with Gasteiger partial charge in [-0.3, -0.25) is 4.79 Å². The predicted octanol–water partition coefficient (Wildman–Crippen LogP) is 0.0582. The molecule has 0 aliphatic rings. The fourth-order valence-corrected chi connectivity index (χ4v) is 1.58. The highest BCUT2D eigenvalue weighted by Crippen LogP contribution is 2.08. The summed E-state index contributed by atoms with van der Waals surface area (Å²) in [6.45, 7) is 4.24. The van der Waals surface area contributed by atoms with Crippen LogP contribution in [0.15, 0.2) is 0 Å². The monoisotopic (exact) mass is 259 g/mol. The second-order valence-electron chi connectivity index (χ2n) is 4.60. The number of carbonyl (C=O) groups excluding carboxylic acids is 1. The molecule has 0 aromatic carbocycles. The number of aliphatic carboxylic acids is 1. The highest BCUT2D eigenvalue weighted by Gasteiger charge is 2.27. The summed E-state index contributed by atoms with van der Waals surface area (Å²) >= 11 is 0. The number of nitrogens with two attached hydrogens (primary N) is 2. The molecule has 0 bridgehead atoms. The van der Waals surface area contributed by atoms with Crippen LogP contribution in [0.25, 0.3) is 0 Å². The van der Waals surface area contributed by atoms with Crippen molar-refractivity contribution in [2.75, 3.05) is 6.54 Å². The summed E-state index contributed by atoms with van der Waals surface area (Å²) in [5.74, 6) is -1.55. The normalized spacial score (nSPS) is 15.8. The molecule has 6 heteroatoms. The van der Waals surface area contributed by atoms with E-state index in [9.17, 15) is 9.59 Å². The molecular formula is C12H25N3O3. The van der Waals surface area contributed by atoms with E-state index in [4.69, 9.17) is 16.6 Å². The first kappa shape index (κ1) is 16.9. The summed E-state index contributed by atoms with van der Waals surface area (Å²) in [6, 6.07) is -1.54. The van der Waals surface area contributed by atoms with Crippen LogP contribution in [-0.2, 0) is 9.59 Å². The molecule has 18 heavy (non-hydrogen) atoms. The Morgan fingerprint density at radius 1 is 1.33 bits per heavy atom. The molecule has 0 saturated carbocycles. The van der Waals surface area contributed by atoms with Crippen molar-refractivity contribution in [3.8, 4) is 0 Å². The van der Waals surface area contributed by atoms with Crippen molar-refractivity contribution >= 4 is 11.9 Å². The minimum atomic E-state index is -1.02. The molecule has 0 radical (unpaired) electrons. The number of carboxylic acids is 1. The van der Waals surface area contributed by atoms with E-state index in [1.165, 1.54) is 0 Å². The molecule has 6 N–H and O–H groups in total. The SMILES string of the molecule is CC[C@H](C)[C@H](NC(=O)[C@@H](N)CCCCN)C(=O)O. The number of carbonyl (C=O) groups is 2. The molecule has 1 amide bonds. The van der Waals surface area contributed by atoms with Gasteiger partial charge < -0.3 is 21.9 Å². The average molecular weight is 259 g/mol. The molecule has 0 aliphatic carbocycles. The number of hydrogen-bond acceptors (Lipinski definition) is 4. The third-order valence-electron chi connectivity index (χ3n) is 3.08. The van der Waals surface area contributed by atoms with Crippen LogP contribution < -0.4 is 16.8 Å². The Balaban J connectivity index is 4.28. The molecule has 0 unspecified atom stereocenters. The second kappa shape index (κ2) is 8.88. The zero-order chi connectivity index (χ0) is 14.1. The van der Waals surface area contributed by atoms with Gasteiger partial charge in [-0.25, -0.2) is 4.79 Å². The van der Waals surface area contributed by atoms with Crippen LogP contribution in [0, 0.1) is 5.92 Å². The van der Waals surface area contributed by atoms with E-state index in [1.54, 1.807) is 6.92 Å². The van der Waals surface area contributed by atoms with Crippen molar-refractivity contribution < 1.29 is 14.7 Å². The van der Waals surface area contributed by atoms with Gasteiger partial charge in [0.15, 0.2) is 0 Å². The lowest BCUT2D eigenvalue weighted by atomic mass is 9.98. The van der Waals surface area contributed by atoms with Crippen molar-refractivity contribution in [2.45, 2.75) is 51.6 Å². The van der Waals surface area contributed by atoms with Crippen LogP contribution in [-0.4, -0.2) is 35.6 Å². The van der Waals surface area contributed by atoms with Gasteiger partial charge in [-0.15, -0.1) is 0 Å². The van der Waals surface area contributed by atoms with E-state index < -0.39 is 24.0 Å². The topological polar surface area (TPSA) is 118 Å². The maximum atomic E-state index is 11.7. The zero-order valence-corrected chi connectivity index (χ0v) is 11.2. The Morgan fingerprint density at radius 3 is 2.39 bits per heavy atom. The molecule has 0 saturated heterocycles. The van der Waals surface area contributed by atoms with Crippen molar-refractivity contribution in [3.05, 3.63) is 0 Å². The van der Waals surface area contributed by atoms with Gasteiger partial charge in [0.2, 0.25) is 5.91 Å². The standard InChI is InChI=1S/C12H25N3O3/c1-3-8(2)10(12(17)18)15-11(16)9(14)6-4-5-7-13/h8-10H,3-7,13-14H2,1-2H3,(H,15,16)(H,17,18)/t8-,9-,10-/m0/s1. The van der Waals surface area contributed by atoms with Crippen LogP contribution in [0.2, 0.25) is 0 Å². The molecule has 0 aromatic heterocycles. The molecule has 6 nitrogen and oxygen atoms in total. The molecule has 0 rings (SSSR count). The predicted molar refractivity (Wildman–Crippen MR) is 69.9 cm³/mol. The first-order valence-electron chi connectivity index (χ1n) is 6.42. The fourth-order valence-electron chi connectivity index (χ4n) is 1.58. The number of amides is 1. The number of unbranched alkanes of at least 4 members (excludes halogenated alkanes) is 1. The van der Waals surface area contributed by atoms with E-state index in [0.717, 1.165) is 12.8 Å². The molecule has 0 aromatic rings. The lowest BCUT2D eigenvalue weighted by Gasteiger charge is -2.22. The van der Waals surface area contributed by atoms with Gasteiger partial charge >= 0.3 is 5.97 Å². The number of carboxylic acid groups (broad SMARTS) is 1. The van der Waals surface area contributed by atoms with E-state index in [2.05, 4.69) is 5.32 Å². The molecule has 0 spiro atoms. The molecule has 3 atom stereocenters. The van der Waals surface area contributed by atoms with Gasteiger partial charge in [-0.05, 0) is 25.3 Å². The van der Waals surface area contributed by atoms with Crippen molar-refractivity contribution in [1.29, 1.82) is 0 Å². The molecule has 0 aliphatic heterocycles. The zero-order valence-electron chi connectivity index (χ0n) is 11.2. The summed E-state index contributed by atoms with van der Waals surface area (Å²) in [4.78, 5) is 22.8. The molecular weight excluding hydrogens is 234 g/mol. The largest absolute Gasteiger partial charge is 0.480 e. The number of hydrogen-bond donors (Lipinski definition) is 4. The number of rotatable bonds is 9. The van der Waals surface area contributed by atoms with E-state index in [1.807, 2.05) is 6.92 Å². The van der Waals surface area contributed by atoms with Gasteiger partial charge in [0.25, 0.3) is 0 Å². The third-order valence-corrected chi connectivity index (χ3v) is 3.08. The lowest BCUT2D eigenvalue weighted by molar-refractivity contribution is -0.143. The summed E-state index contributed by atoms with van der Waals surface area (Å²) in [7, 11) is 0. The first-order chi connectivity index (χ1) is 8.43. The Bertz CT molecular complexity index is 271. The van der Waals surface area contributed by atoms with E-state index >= 15 is 0 Å². The molecule has 0 heterocycles. The smallest absolute Gasteiger partial charge is 0.326 e. The maximum Gasteiger partial charge on any atom is 0.326 e. The summed E-state index contributed by atoms with van der Waals surface area (Å²) in [6.07, 6.45) is 2.79. The Morgan fingerprint density at radius 2 is 1.94 bits per heavy atom. The van der Waals surface area contributed by atoms with Gasteiger partial charge in [0.05, 0.1) is 6.04 Å². The minimum absolute atomic E-state index is 0.123. The Kier molecular flexibility index (Phi) is 8.32. The van der Waals surface area contributed by atoms with Gasteiger partial charge in [-0.2, -0.15) is 0 Å². The summed E-state index contributed by atoms with van der Waals surface area (Å²) < 4.78 is 0. The van der Waals surface area contributed by atoms with Crippen molar-refractivity contribution in [1.82, 2.24) is 5.32 Å². The summed E-state index contributed by atoms with van der Waals surface area (Å²) in [5.41, 5.74) is 11.1. The maximum absolute atomic E-state index is 11.7. The molecule has 0 fully saturated rings. The highest BCUT2D eigenvalue weighted by atomic mass is 16.4. The second-order valence-corrected chi connectivity index (χ2v) is 4.60. The van der Waals surface area contributed by atoms with Crippen molar-refractivity contribution in [2.24, 2.45) is 17.4 Å². The van der Waals surface area contributed by atoms with Crippen LogP contribution >= 0.6 is 0 Å². The Labute approximate surface area is 108 Å². The molecule has 106 valence electrons. The fraction of sp³-hybridized carbons (Fsp3) is 0.833. The van der Waals surface area contributed by atoms with Gasteiger partial charge in [-0.1, -0.05) is 26.7 Å². The quantitative estimate of drug-likeness (QED) is 0.437. The van der Waals surface area contributed by atoms with Gasteiger partial charge in [0, 0.05) is 0 Å². The van der Waals surface area contributed by atoms with Crippen LogP contribution in [0.4, 0.5) is 0 Å². The van der Waals surface area contributed by atoms with Gasteiger partial charge in [0.1, 0.15) is 6.04 Å². The average Bonchev–Trinajstić information content (AvgIpc) is 2.34. The lowest BCUT2D eigenvalue weighted by Crippen LogP contribution is -2.50. The number of nitrogens with one attached hydrogen (secondary N) is 1. The Hall–Kier alpha value is -1.14. The van der Waals surface area contributed by atoms with E-state index in [-0.39, 0.29) is 5.92 Å². The van der Waals surface area contributed by atoms with Crippen molar-refractivity contribution in [3.63, 3.8) is 0 Å². The van der Waals surface area contributed by atoms with Crippen LogP contribution in [0.5, 0.6) is 0 Å². The van der Waals surface area contributed by atoms with Crippen LogP contribution in [0.3, 0.4) is 0 Å². The summed E-state index contributed by atoms with van der Waals surface area (Å²) in [5, 5.41) is 11.5.